The molecular weight excluding hydrogens is 256 g/mol. The topological polar surface area (TPSA) is 79.2 Å². The lowest BCUT2D eigenvalue weighted by atomic mass is 9.90. The van der Waals surface area contributed by atoms with Gasteiger partial charge in [-0.25, -0.2) is 0 Å². The number of amides is 1. The van der Waals surface area contributed by atoms with Crippen LogP contribution in [0.25, 0.3) is 0 Å². The van der Waals surface area contributed by atoms with Crippen molar-refractivity contribution in [3.63, 3.8) is 0 Å². The third-order valence-electron chi connectivity index (χ3n) is 3.18. The van der Waals surface area contributed by atoms with Gasteiger partial charge in [-0.2, -0.15) is 5.26 Å². The molecule has 0 radical (unpaired) electrons. The molecule has 2 rings (SSSR count). The first-order chi connectivity index (χ1) is 9.72. The predicted octanol–water partition coefficient (Wildman–Crippen LogP) is 1.61. The highest BCUT2D eigenvalue weighted by Crippen LogP contribution is 2.29. The van der Waals surface area contributed by atoms with Crippen LogP contribution in [0.1, 0.15) is 35.2 Å². The first-order valence-corrected chi connectivity index (χ1v) is 6.64. The lowest BCUT2D eigenvalue weighted by Crippen LogP contribution is -2.29. The zero-order valence-electron chi connectivity index (χ0n) is 11.1. The zero-order chi connectivity index (χ0) is 14.4. The second-order valence-corrected chi connectivity index (χ2v) is 4.61. The van der Waals surface area contributed by atoms with Crippen molar-refractivity contribution in [2.24, 2.45) is 0 Å². The number of Topliss-reactive ketones (excluding diaryl/α,β-unsaturated/α-hetero) is 1. The van der Waals surface area contributed by atoms with E-state index in [1.165, 1.54) is 0 Å². The molecule has 0 saturated heterocycles. The summed E-state index contributed by atoms with van der Waals surface area (Å²) in [4.78, 5) is 23.3. The number of hydrogen-bond acceptors (Lipinski definition) is 4. The minimum atomic E-state index is -0.264. The van der Waals surface area contributed by atoms with Crippen molar-refractivity contribution in [2.45, 2.75) is 25.7 Å². The van der Waals surface area contributed by atoms with Gasteiger partial charge in [0.25, 0.3) is 5.91 Å². The predicted molar refractivity (Wildman–Crippen MR) is 72.4 cm³/mol. The van der Waals surface area contributed by atoms with Crippen LogP contribution in [0.5, 0.6) is 5.75 Å². The lowest BCUT2D eigenvalue weighted by molar-refractivity contribution is -0.123. The minimum Gasteiger partial charge on any atom is -0.483 e. The van der Waals surface area contributed by atoms with Crippen LogP contribution in [0, 0.1) is 11.3 Å². The number of nitrogens with zero attached hydrogens (tertiary/aromatic N) is 1. The summed E-state index contributed by atoms with van der Waals surface area (Å²) in [6.45, 7) is 0.222. The number of ketones is 1. The van der Waals surface area contributed by atoms with Crippen LogP contribution in [-0.2, 0) is 11.2 Å². The molecule has 5 heteroatoms. The summed E-state index contributed by atoms with van der Waals surface area (Å²) in [7, 11) is 0. The van der Waals surface area contributed by atoms with Crippen LogP contribution < -0.4 is 10.1 Å². The number of nitriles is 1. The quantitative estimate of drug-likeness (QED) is 0.826. The molecule has 0 aromatic heterocycles. The van der Waals surface area contributed by atoms with Gasteiger partial charge in [0.05, 0.1) is 12.5 Å². The zero-order valence-corrected chi connectivity index (χ0v) is 11.1. The Hall–Kier alpha value is -2.35. The van der Waals surface area contributed by atoms with Crippen molar-refractivity contribution < 1.29 is 14.3 Å². The van der Waals surface area contributed by atoms with Gasteiger partial charge in [-0.1, -0.05) is 12.1 Å². The summed E-state index contributed by atoms with van der Waals surface area (Å²) in [6.07, 6.45) is 2.47. The number of hydrogen-bond donors (Lipinski definition) is 1. The van der Waals surface area contributed by atoms with Crippen molar-refractivity contribution in [1.82, 2.24) is 5.32 Å². The maximum atomic E-state index is 11.8. The molecule has 0 atom stereocenters. The molecule has 0 heterocycles. The Balaban J connectivity index is 1.97. The normalized spacial score (nSPS) is 13.2. The molecule has 5 nitrogen and oxygen atoms in total. The van der Waals surface area contributed by atoms with Gasteiger partial charge in [-0.3, -0.25) is 9.59 Å². The highest BCUT2D eigenvalue weighted by molar-refractivity contribution is 5.99. The summed E-state index contributed by atoms with van der Waals surface area (Å²) >= 11 is 0. The molecule has 20 heavy (non-hydrogen) atoms. The molecule has 0 saturated carbocycles. The molecule has 1 amide bonds. The molecule has 104 valence electrons. The number of carbonyl (C=O) groups excluding carboxylic acids is 2. The second kappa shape index (κ2) is 6.71. The summed E-state index contributed by atoms with van der Waals surface area (Å²) in [5, 5.41) is 11.0. The summed E-state index contributed by atoms with van der Waals surface area (Å²) < 4.78 is 5.50. The second-order valence-electron chi connectivity index (χ2n) is 4.61. The number of carbonyl (C=O) groups is 2. The Morgan fingerprint density at radius 2 is 2.25 bits per heavy atom. The van der Waals surface area contributed by atoms with E-state index in [0.29, 0.717) is 24.3 Å². The summed E-state index contributed by atoms with van der Waals surface area (Å²) in [5.41, 5.74) is 1.60. The highest BCUT2D eigenvalue weighted by Gasteiger charge is 2.20. The number of nitrogens with one attached hydrogen (secondary N) is 1. The van der Waals surface area contributed by atoms with Gasteiger partial charge in [0.15, 0.2) is 12.4 Å². The van der Waals surface area contributed by atoms with E-state index in [1.807, 2.05) is 6.07 Å². The fraction of sp³-hybridized carbons (Fsp3) is 0.400. The van der Waals surface area contributed by atoms with Crippen molar-refractivity contribution >= 4 is 11.7 Å². The monoisotopic (exact) mass is 272 g/mol. The average Bonchev–Trinajstić information content (AvgIpc) is 2.46. The van der Waals surface area contributed by atoms with Crippen LogP contribution in [0.15, 0.2) is 18.2 Å². The fourth-order valence-electron chi connectivity index (χ4n) is 2.23. The molecular formula is C15H16N2O3. The van der Waals surface area contributed by atoms with Crippen molar-refractivity contribution in [2.75, 3.05) is 13.2 Å². The van der Waals surface area contributed by atoms with Gasteiger partial charge in [-0.15, -0.1) is 0 Å². The number of rotatable bonds is 5. The van der Waals surface area contributed by atoms with Crippen molar-refractivity contribution in [1.29, 1.82) is 5.26 Å². The molecule has 0 unspecified atom stereocenters. The van der Waals surface area contributed by atoms with E-state index in [1.54, 1.807) is 18.2 Å². The third kappa shape index (κ3) is 3.35. The van der Waals surface area contributed by atoms with Crippen molar-refractivity contribution in [3.8, 4) is 11.8 Å². The molecule has 1 aromatic carbocycles. The summed E-state index contributed by atoms with van der Waals surface area (Å²) in [5.74, 6) is 0.473. The summed E-state index contributed by atoms with van der Waals surface area (Å²) in [6, 6.07) is 7.30. The van der Waals surface area contributed by atoms with Crippen LogP contribution >= 0.6 is 0 Å². The largest absolute Gasteiger partial charge is 0.483 e. The SMILES string of the molecule is N#CCCNC(=O)COc1cccc2c1CCCC2=O. The smallest absolute Gasteiger partial charge is 0.257 e. The Morgan fingerprint density at radius 1 is 1.40 bits per heavy atom. The number of fused-ring (bicyclic) bond motifs is 1. The molecule has 0 bridgehead atoms. The van der Waals surface area contributed by atoms with Crippen LogP contribution in [0.4, 0.5) is 0 Å². The van der Waals surface area contributed by atoms with Gasteiger partial charge in [0.2, 0.25) is 0 Å². The Kier molecular flexibility index (Phi) is 4.72. The number of ether oxygens (including phenoxy) is 1. The maximum absolute atomic E-state index is 11.8. The van der Waals surface area contributed by atoms with Crippen LogP contribution in [0.2, 0.25) is 0 Å². The van der Waals surface area contributed by atoms with E-state index in [-0.39, 0.29) is 24.7 Å². The van der Waals surface area contributed by atoms with E-state index >= 15 is 0 Å². The standard InChI is InChI=1S/C15H16N2O3/c16-8-3-9-17-15(19)10-20-14-7-2-4-11-12(14)5-1-6-13(11)18/h2,4,7H,1,3,5-6,9-10H2,(H,17,19). The first kappa shape index (κ1) is 14.1. The Bertz CT molecular complexity index is 561. The van der Waals surface area contributed by atoms with E-state index in [4.69, 9.17) is 10.00 Å². The minimum absolute atomic E-state index is 0.101. The molecule has 0 fully saturated rings. The van der Waals surface area contributed by atoms with Gasteiger partial charge in [-0.05, 0) is 18.9 Å². The third-order valence-corrected chi connectivity index (χ3v) is 3.18. The van der Waals surface area contributed by atoms with Crippen LogP contribution in [0.3, 0.4) is 0 Å². The van der Waals surface area contributed by atoms with Gasteiger partial charge < -0.3 is 10.1 Å². The molecule has 1 N–H and O–H groups in total. The first-order valence-electron chi connectivity index (χ1n) is 6.64. The molecule has 1 aromatic rings. The number of benzene rings is 1. The van der Waals surface area contributed by atoms with Crippen molar-refractivity contribution in [3.05, 3.63) is 29.3 Å². The Labute approximate surface area is 117 Å². The van der Waals surface area contributed by atoms with Gasteiger partial charge >= 0.3 is 0 Å². The Morgan fingerprint density at radius 3 is 3.05 bits per heavy atom. The van der Waals surface area contributed by atoms with E-state index in [0.717, 1.165) is 18.4 Å². The fourth-order valence-corrected chi connectivity index (χ4v) is 2.23. The maximum Gasteiger partial charge on any atom is 0.257 e. The molecule has 1 aliphatic carbocycles. The lowest BCUT2D eigenvalue weighted by Gasteiger charge is -2.18. The van der Waals surface area contributed by atoms with Gasteiger partial charge in [0.1, 0.15) is 5.75 Å². The highest BCUT2D eigenvalue weighted by atomic mass is 16.5. The molecule has 0 aliphatic heterocycles. The van der Waals surface area contributed by atoms with E-state index in [2.05, 4.69) is 5.32 Å². The van der Waals surface area contributed by atoms with E-state index in [9.17, 15) is 9.59 Å². The van der Waals surface area contributed by atoms with Gasteiger partial charge in [0, 0.05) is 24.1 Å². The van der Waals surface area contributed by atoms with E-state index < -0.39 is 0 Å². The molecule has 1 aliphatic rings. The van der Waals surface area contributed by atoms with Crippen LogP contribution in [-0.4, -0.2) is 24.8 Å². The average molecular weight is 272 g/mol. The molecule has 0 spiro atoms.